The minimum atomic E-state index is -5.96. The molecule has 1 spiro atoms. The molecule has 1 aliphatic heterocycles. The fourth-order valence-electron chi connectivity index (χ4n) is 11.2. The SMILES string of the molecule is Cc1ccc(S(=O)(=O)N=[SH](C)(O)c2ccc(-c3ccc([C@H]4C[C@@]5(C)[C@@H](CC[C@@]5(O)C(F)(F)C(F)(F)F)[C@@H]5CC[C@@]6(O)CC7(CCC6=C54)OCC(C)(C)CO7)cc3)cc2)cc1. The smallest absolute Gasteiger partial charge is 0.385 e. The van der Waals surface area contributed by atoms with E-state index in [1.54, 1.807) is 36.4 Å². The van der Waals surface area contributed by atoms with Gasteiger partial charge in [0.15, 0.2) is 5.79 Å². The van der Waals surface area contributed by atoms with Crippen molar-refractivity contribution in [1.29, 1.82) is 0 Å². The molecule has 3 saturated carbocycles. The van der Waals surface area contributed by atoms with Gasteiger partial charge in [0.1, 0.15) is 5.60 Å². The molecule has 0 radical (unpaired) electrons. The van der Waals surface area contributed by atoms with Gasteiger partial charge in [-0.25, -0.2) is 0 Å². The average Bonchev–Trinajstić information content (AvgIpc) is 3.46. The molecule has 8 rings (SSSR count). The number of hydrogen-bond donors (Lipinski definition) is 4. The molecule has 8 nitrogen and oxygen atoms in total. The van der Waals surface area contributed by atoms with Crippen LogP contribution < -0.4 is 0 Å². The molecule has 60 heavy (non-hydrogen) atoms. The highest BCUT2D eigenvalue weighted by molar-refractivity contribution is 8.06. The Morgan fingerprint density at radius 1 is 0.817 bits per heavy atom. The first-order valence-corrected chi connectivity index (χ1v) is 24.1. The topological polar surface area (TPSA) is 126 Å². The van der Waals surface area contributed by atoms with Crippen LogP contribution in [0.5, 0.6) is 0 Å². The number of aryl methyl sites for hydroxylation is 1. The molecule has 1 saturated heterocycles. The van der Waals surface area contributed by atoms with E-state index in [1.807, 2.05) is 45.0 Å². The zero-order valence-electron chi connectivity index (χ0n) is 34.4. The fourth-order valence-corrected chi connectivity index (χ4v) is 14.8. The van der Waals surface area contributed by atoms with E-state index in [-0.39, 0.29) is 36.0 Å². The lowest BCUT2D eigenvalue weighted by molar-refractivity contribution is -0.362. The van der Waals surface area contributed by atoms with Crippen molar-refractivity contribution in [3.05, 3.63) is 95.1 Å². The van der Waals surface area contributed by atoms with Gasteiger partial charge >= 0.3 is 12.1 Å². The van der Waals surface area contributed by atoms with Crippen molar-refractivity contribution >= 4 is 20.1 Å². The summed E-state index contributed by atoms with van der Waals surface area (Å²) in [7, 11) is -7.62. The summed E-state index contributed by atoms with van der Waals surface area (Å²) < 4.78 is 128. The summed E-state index contributed by atoms with van der Waals surface area (Å²) in [5, 5.41) is 24.2. The largest absolute Gasteiger partial charge is 0.456 e. The van der Waals surface area contributed by atoms with Crippen LogP contribution in [0.25, 0.3) is 11.1 Å². The molecule has 1 heterocycles. The van der Waals surface area contributed by atoms with Gasteiger partial charge in [-0.05, 0) is 110 Å². The van der Waals surface area contributed by atoms with Crippen LogP contribution in [0.2, 0.25) is 0 Å². The summed E-state index contributed by atoms with van der Waals surface area (Å²) in [6.07, 6.45) is -3.81. The Morgan fingerprint density at radius 3 is 1.98 bits per heavy atom. The number of halogens is 5. The molecule has 5 aliphatic rings. The third kappa shape index (κ3) is 7.02. The number of thiol groups is 1. The van der Waals surface area contributed by atoms with E-state index in [4.69, 9.17) is 9.47 Å². The Balaban J connectivity index is 1.15. The van der Waals surface area contributed by atoms with Crippen LogP contribution in [0.3, 0.4) is 0 Å². The van der Waals surface area contributed by atoms with Crippen LogP contribution in [0.1, 0.15) is 89.2 Å². The first kappa shape index (κ1) is 43.6. The predicted octanol–water partition coefficient (Wildman–Crippen LogP) is 9.81. The Bertz CT molecular complexity index is 2350. The van der Waals surface area contributed by atoms with Crippen molar-refractivity contribution in [2.75, 3.05) is 19.5 Å². The highest BCUT2D eigenvalue weighted by atomic mass is 32.3. The Labute approximate surface area is 349 Å². The monoisotopic (exact) mass is 879 g/mol. The molecule has 0 bridgehead atoms. The quantitative estimate of drug-likeness (QED) is 0.110. The van der Waals surface area contributed by atoms with E-state index in [2.05, 4.69) is 3.77 Å². The standard InChI is InChI=1S/C45H54F5NO7S2/c1-28-6-14-33(15-7-28)60(55,56)51-59(5,54)32-16-12-30(13-17-32)29-8-10-31(11-9-29)35-24-40(4)36(20-23-43(40,53)44(46,47)45(48,49)50)34-18-21-41(52)25-42(22-19-37(41)38(34)35)57-26-39(2,3)27-58-42/h6-17,34-36,52-53,59H,18-27H2,1-5H3,(H,51,54)/t34-,35+,36-,40-,41+,43-/m0/s1. The van der Waals surface area contributed by atoms with E-state index in [9.17, 15) is 36.4 Å². The van der Waals surface area contributed by atoms with Gasteiger partial charge < -0.3 is 24.2 Å². The van der Waals surface area contributed by atoms with E-state index in [0.717, 1.165) is 27.8 Å². The summed E-state index contributed by atoms with van der Waals surface area (Å²) >= 11 is 0. The summed E-state index contributed by atoms with van der Waals surface area (Å²) in [6, 6.07) is 20.2. The Morgan fingerprint density at radius 2 is 1.40 bits per heavy atom. The van der Waals surface area contributed by atoms with Gasteiger partial charge in [-0.3, -0.25) is 0 Å². The van der Waals surface area contributed by atoms with E-state index >= 15 is 8.78 Å². The molecular formula is C45H54F5NO7S2. The lowest BCUT2D eigenvalue weighted by Crippen LogP contribution is -2.65. The minimum Gasteiger partial charge on any atom is -0.385 e. The van der Waals surface area contributed by atoms with Crippen molar-refractivity contribution in [2.24, 2.45) is 26.4 Å². The van der Waals surface area contributed by atoms with Crippen molar-refractivity contribution in [3.8, 4) is 11.1 Å². The number of hydrogen-bond acceptors (Lipinski definition) is 6. The van der Waals surface area contributed by atoms with Gasteiger partial charge in [0.2, 0.25) is 0 Å². The third-order valence-electron chi connectivity index (χ3n) is 14.5. The number of ether oxygens (including phenoxy) is 2. The minimum absolute atomic E-state index is 0.00816. The maximum atomic E-state index is 15.6. The van der Waals surface area contributed by atoms with Gasteiger partial charge in [0, 0.05) is 34.5 Å². The predicted molar refractivity (Wildman–Crippen MR) is 219 cm³/mol. The van der Waals surface area contributed by atoms with E-state index < -0.39 is 78.8 Å². The molecule has 3 aromatic rings. The fraction of sp³-hybridized carbons (Fsp3) is 0.556. The van der Waals surface area contributed by atoms with Crippen molar-refractivity contribution in [2.45, 2.75) is 124 Å². The molecular weight excluding hydrogens is 826 g/mol. The lowest BCUT2D eigenvalue weighted by Gasteiger charge is -2.59. The summed E-state index contributed by atoms with van der Waals surface area (Å²) in [5.41, 5.74) is -2.05. The zero-order valence-corrected chi connectivity index (χ0v) is 36.1. The van der Waals surface area contributed by atoms with Gasteiger partial charge in [0.05, 0.1) is 23.7 Å². The second-order valence-electron chi connectivity index (χ2n) is 19.1. The lowest BCUT2D eigenvalue weighted by atomic mass is 9.49. The maximum absolute atomic E-state index is 15.6. The number of sulfonamides is 1. The molecule has 4 fully saturated rings. The molecule has 0 unspecified atom stereocenters. The van der Waals surface area contributed by atoms with Crippen molar-refractivity contribution < 1.29 is 54.6 Å². The van der Waals surface area contributed by atoms with Crippen molar-refractivity contribution in [3.63, 3.8) is 0 Å². The molecule has 0 amide bonds. The molecule has 6 atom stereocenters. The number of benzene rings is 3. The molecule has 3 aromatic carbocycles. The first-order chi connectivity index (χ1) is 27.8. The van der Waals surface area contributed by atoms with Crippen LogP contribution in [0.15, 0.2) is 97.5 Å². The first-order valence-electron chi connectivity index (χ1n) is 20.5. The Kier molecular flexibility index (Phi) is 10.3. The van der Waals surface area contributed by atoms with E-state index in [1.165, 1.54) is 25.3 Å². The molecule has 0 aromatic heterocycles. The van der Waals surface area contributed by atoms with Gasteiger partial charge in [0.25, 0.3) is 10.0 Å². The molecule has 328 valence electrons. The van der Waals surface area contributed by atoms with Crippen LogP contribution in [0, 0.1) is 29.6 Å². The van der Waals surface area contributed by atoms with Gasteiger partial charge in [-0.2, -0.15) is 30.4 Å². The highest BCUT2D eigenvalue weighted by Gasteiger charge is 2.79. The van der Waals surface area contributed by atoms with Crippen LogP contribution in [0.4, 0.5) is 22.0 Å². The Hall–Kier alpha value is -3.05. The average molecular weight is 880 g/mol. The van der Waals surface area contributed by atoms with Crippen LogP contribution >= 0.6 is 0 Å². The van der Waals surface area contributed by atoms with Crippen LogP contribution in [-0.4, -0.2) is 71.7 Å². The normalized spacial score (nSPS) is 31.9. The second kappa shape index (κ2) is 14.2. The number of alkyl halides is 5. The van der Waals surface area contributed by atoms with E-state index in [0.29, 0.717) is 42.9 Å². The van der Waals surface area contributed by atoms with Crippen molar-refractivity contribution in [1.82, 2.24) is 0 Å². The van der Waals surface area contributed by atoms with Gasteiger partial charge in [-0.1, -0.05) is 90.5 Å². The summed E-state index contributed by atoms with van der Waals surface area (Å²) in [6.45, 7) is 8.21. The van der Waals surface area contributed by atoms with Crippen LogP contribution in [-0.2, 0) is 29.6 Å². The summed E-state index contributed by atoms with van der Waals surface area (Å²) in [4.78, 5) is 0.318. The summed E-state index contributed by atoms with van der Waals surface area (Å²) in [5.74, 6) is -8.13. The number of allylic oxidation sites excluding steroid dienone is 1. The number of nitrogens with zero attached hydrogens (tertiary/aromatic N) is 1. The zero-order chi connectivity index (χ0) is 43.5. The number of aliphatic hydroxyl groups is 2. The number of rotatable bonds is 6. The molecule has 3 N–H and O–H groups in total. The molecule has 4 aliphatic carbocycles. The third-order valence-corrected chi connectivity index (χ3v) is 18.8. The highest BCUT2D eigenvalue weighted by Crippen LogP contribution is 2.71. The second-order valence-corrected chi connectivity index (χ2v) is 23.6. The number of fused-ring (bicyclic) bond motifs is 4. The van der Waals surface area contributed by atoms with Gasteiger partial charge in [-0.15, -0.1) is 3.77 Å². The maximum Gasteiger partial charge on any atom is 0.456 e. The molecule has 15 heteroatoms.